The maximum Gasteiger partial charge on any atom is 0.219 e. The Bertz CT molecular complexity index is 441. The van der Waals surface area contributed by atoms with Crippen molar-refractivity contribution < 1.29 is 9.53 Å². The van der Waals surface area contributed by atoms with Crippen molar-refractivity contribution in [3.05, 3.63) is 11.3 Å². The largest absolute Gasteiger partial charge is 0.481 e. The van der Waals surface area contributed by atoms with Gasteiger partial charge in [-0.15, -0.1) is 0 Å². The highest BCUT2D eigenvalue weighted by Gasteiger charge is 2.18. The van der Waals surface area contributed by atoms with Gasteiger partial charge >= 0.3 is 0 Å². The van der Waals surface area contributed by atoms with Crippen LogP contribution >= 0.6 is 0 Å². The number of aryl methyl sites for hydroxylation is 1. The SMILES string of the molecule is CNC(=O)CCCNCc1c(C(C)C)nn(C)c1OC. The molecule has 0 saturated heterocycles. The second kappa shape index (κ2) is 7.89. The fourth-order valence-electron chi connectivity index (χ4n) is 2.17. The molecular weight excluding hydrogens is 256 g/mol. The van der Waals surface area contributed by atoms with E-state index in [1.807, 2.05) is 7.05 Å². The van der Waals surface area contributed by atoms with Crippen molar-refractivity contribution in [2.75, 3.05) is 20.7 Å². The first kappa shape index (κ1) is 16.5. The summed E-state index contributed by atoms with van der Waals surface area (Å²) >= 11 is 0. The van der Waals surface area contributed by atoms with Gasteiger partial charge < -0.3 is 15.4 Å². The Kier molecular flexibility index (Phi) is 6.51. The van der Waals surface area contributed by atoms with Crippen LogP contribution in [0.1, 0.15) is 43.9 Å². The summed E-state index contributed by atoms with van der Waals surface area (Å²) < 4.78 is 7.19. The number of methoxy groups -OCH3 is 1. The van der Waals surface area contributed by atoms with Crippen molar-refractivity contribution in [2.24, 2.45) is 7.05 Å². The first-order valence-electron chi connectivity index (χ1n) is 7.02. The highest BCUT2D eigenvalue weighted by atomic mass is 16.5. The van der Waals surface area contributed by atoms with Gasteiger partial charge in [0.15, 0.2) is 0 Å². The molecule has 0 aliphatic heterocycles. The molecule has 1 heterocycles. The maximum atomic E-state index is 11.1. The summed E-state index contributed by atoms with van der Waals surface area (Å²) in [7, 11) is 5.21. The van der Waals surface area contributed by atoms with Gasteiger partial charge in [-0.3, -0.25) is 4.79 Å². The molecule has 0 aromatic carbocycles. The van der Waals surface area contributed by atoms with Crippen molar-refractivity contribution in [1.82, 2.24) is 20.4 Å². The molecule has 0 aliphatic carbocycles. The van der Waals surface area contributed by atoms with Crippen LogP contribution in [0, 0.1) is 0 Å². The smallest absolute Gasteiger partial charge is 0.219 e. The number of ether oxygens (including phenoxy) is 1. The second-order valence-corrected chi connectivity index (χ2v) is 5.10. The fourth-order valence-corrected chi connectivity index (χ4v) is 2.17. The average Bonchev–Trinajstić information content (AvgIpc) is 2.74. The van der Waals surface area contributed by atoms with Crippen LogP contribution in [0.25, 0.3) is 0 Å². The van der Waals surface area contributed by atoms with Crippen LogP contribution in [0.15, 0.2) is 0 Å². The van der Waals surface area contributed by atoms with Gasteiger partial charge in [0.05, 0.1) is 18.4 Å². The number of hydrogen-bond donors (Lipinski definition) is 2. The van der Waals surface area contributed by atoms with Gasteiger partial charge in [0.25, 0.3) is 0 Å². The number of aromatic nitrogens is 2. The van der Waals surface area contributed by atoms with Gasteiger partial charge in [0, 0.05) is 27.1 Å². The number of nitrogens with one attached hydrogen (secondary N) is 2. The molecule has 114 valence electrons. The summed E-state index contributed by atoms with van der Waals surface area (Å²) in [6.45, 7) is 5.75. The number of carbonyl (C=O) groups excluding carboxylic acids is 1. The summed E-state index contributed by atoms with van der Waals surface area (Å²) in [6, 6.07) is 0. The molecule has 0 bridgehead atoms. The topological polar surface area (TPSA) is 68.2 Å². The van der Waals surface area contributed by atoms with Crippen LogP contribution in [0.4, 0.5) is 0 Å². The summed E-state index contributed by atoms with van der Waals surface area (Å²) in [5, 5.41) is 10.5. The molecule has 1 amide bonds. The first-order chi connectivity index (χ1) is 9.51. The van der Waals surface area contributed by atoms with Crippen LogP contribution in [-0.2, 0) is 18.4 Å². The Morgan fingerprint density at radius 3 is 2.70 bits per heavy atom. The van der Waals surface area contributed by atoms with Crippen molar-refractivity contribution in [3.8, 4) is 5.88 Å². The molecule has 20 heavy (non-hydrogen) atoms. The lowest BCUT2D eigenvalue weighted by Gasteiger charge is -2.09. The Labute approximate surface area is 120 Å². The predicted molar refractivity (Wildman–Crippen MR) is 78.9 cm³/mol. The van der Waals surface area contributed by atoms with Crippen LogP contribution in [0.2, 0.25) is 0 Å². The lowest BCUT2D eigenvalue weighted by molar-refractivity contribution is -0.120. The third kappa shape index (κ3) is 4.23. The van der Waals surface area contributed by atoms with Crippen molar-refractivity contribution in [1.29, 1.82) is 0 Å². The quantitative estimate of drug-likeness (QED) is 0.702. The molecule has 0 fully saturated rings. The number of amides is 1. The summed E-state index contributed by atoms with van der Waals surface area (Å²) in [5.41, 5.74) is 2.16. The van der Waals surface area contributed by atoms with E-state index >= 15 is 0 Å². The zero-order chi connectivity index (χ0) is 15.1. The zero-order valence-corrected chi connectivity index (χ0v) is 13.1. The molecule has 6 heteroatoms. The number of hydrogen-bond acceptors (Lipinski definition) is 4. The number of nitrogens with zero attached hydrogens (tertiary/aromatic N) is 2. The summed E-state index contributed by atoms with van der Waals surface area (Å²) in [4.78, 5) is 11.1. The van der Waals surface area contributed by atoms with Gasteiger partial charge in [0.2, 0.25) is 11.8 Å². The Morgan fingerprint density at radius 2 is 2.15 bits per heavy atom. The van der Waals surface area contributed by atoms with E-state index in [2.05, 4.69) is 29.6 Å². The number of carbonyl (C=O) groups is 1. The van der Waals surface area contributed by atoms with Gasteiger partial charge in [-0.1, -0.05) is 13.8 Å². The maximum absolute atomic E-state index is 11.1. The molecule has 1 rings (SSSR count). The Morgan fingerprint density at radius 1 is 1.45 bits per heavy atom. The van der Waals surface area contributed by atoms with E-state index < -0.39 is 0 Å². The van der Waals surface area contributed by atoms with E-state index in [0.29, 0.717) is 18.9 Å². The summed E-state index contributed by atoms with van der Waals surface area (Å²) in [5.74, 6) is 1.23. The molecule has 0 radical (unpaired) electrons. The van der Waals surface area contributed by atoms with Crippen molar-refractivity contribution in [2.45, 2.75) is 39.2 Å². The predicted octanol–water partition coefficient (Wildman–Crippen LogP) is 1.17. The summed E-state index contributed by atoms with van der Waals surface area (Å²) in [6.07, 6.45) is 1.37. The first-order valence-corrected chi connectivity index (χ1v) is 7.02. The van der Waals surface area contributed by atoms with Crippen LogP contribution in [0.3, 0.4) is 0 Å². The molecule has 0 saturated carbocycles. The molecular formula is C14H26N4O2. The zero-order valence-electron chi connectivity index (χ0n) is 13.1. The second-order valence-electron chi connectivity index (χ2n) is 5.10. The third-order valence-corrected chi connectivity index (χ3v) is 3.20. The monoisotopic (exact) mass is 282 g/mol. The fraction of sp³-hybridized carbons (Fsp3) is 0.714. The van der Waals surface area contributed by atoms with E-state index in [1.165, 1.54) is 0 Å². The van der Waals surface area contributed by atoms with Gasteiger partial charge in [-0.05, 0) is 18.9 Å². The molecule has 2 N–H and O–H groups in total. The van der Waals surface area contributed by atoms with E-state index in [0.717, 1.165) is 30.1 Å². The van der Waals surface area contributed by atoms with E-state index in [9.17, 15) is 4.79 Å². The molecule has 0 unspecified atom stereocenters. The van der Waals surface area contributed by atoms with Gasteiger partial charge in [-0.2, -0.15) is 5.10 Å². The van der Waals surface area contributed by atoms with E-state index in [1.54, 1.807) is 18.8 Å². The van der Waals surface area contributed by atoms with Crippen molar-refractivity contribution >= 4 is 5.91 Å². The molecule has 0 spiro atoms. The lowest BCUT2D eigenvalue weighted by Crippen LogP contribution is -2.21. The Balaban J connectivity index is 2.56. The van der Waals surface area contributed by atoms with Crippen LogP contribution < -0.4 is 15.4 Å². The Hall–Kier alpha value is -1.56. The van der Waals surface area contributed by atoms with Crippen molar-refractivity contribution in [3.63, 3.8) is 0 Å². The minimum absolute atomic E-state index is 0.0774. The lowest BCUT2D eigenvalue weighted by atomic mass is 10.1. The van der Waals surface area contributed by atoms with E-state index in [4.69, 9.17) is 4.74 Å². The normalized spacial score (nSPS) is 10.9. The van der Waals surface area contributed by atoms with Crippen LogP contribution in [-0.4, -0.2) is 36.4 Å². The number of rotatable bonds is 8. The minimum Gasteiger partial charge on any atom is -0.481 e. The highest BCUT2D eigenvalue weighted by molar-refractivity contribution is 5.75. The molecule has 0 aliphatic rings. The van der Waals surface area contributed by atoms with Crippen LogP contribution in [0.5, 0.6) is 5.88 Å². The molecule has 1 aromatic heterocycles. The van der Waals surface area contributed by atoms with Gasteiger partial charge in [-0.25, -0.2) is 4.68 Å². The average molecular weight is 282 g/mol. The molecule has 6 nitrogen and oxygen atoms in total. The molecule has 0 atom stereocenters. The van der Waals surface area contributed by atoms with E-state index in [-0.39, 0.29) is 5.91 Å². The van der Waals surface area contributed by atoms with Gasteiger partial charge in [0.1, 0.15) is 0 Å². The highest BCUT2D eigenvalue weighted by Crippen LogP contribution is 2.26. The standard InChI is InChI=1S/C14H26N4O2/c1-10(2)13-11(14(20-5)18(4)17-13)9-16-8-6-7-12(19)15-3/h10,16H,6-9H2,1-5H3,(H,15,19). The minimum atomic E-state index is 0.0774. The third-order valence-electron chi connectivity index (χ3n) is 3.20. The molecule has 1 aromatic rings.